The van der Waals surface area contributed by atoms with Crippen molar-refractivity contribution < 1.29 is 14.6 Å². The van der Waals surface area contributed by atoms with Gasteiger partial charge in [-0.15, -0.1) is 0 Å². The van der Waals surface area contributed by atoms with E-state index in [0.29, 0.717) is 40.8 Å². The van der Waals surface area contributed by atoms with Crippen molar-refractivity contribution in [2.45, 2.75) is 32.6 Å². The molecule has 0 amide bonds. The highest BCUT2D eigenvalue weighted by molar-refractivity contribution is 6.08. The van der Waals surface area contributed by atoms with E-state index < -0.39 is 5.63 Å². The fourth-order valence-electron chi connectivity index (χ4n) is 6.05. The number of aromatic nitrogens is 2. The first kappa shape index (κ1) is 26.5. The molecular weight excluding hydrogens is 538 g/mol. The van der Waals surface area contributed by atoms with Crippen molar-refractivity contribution in [1.82, 2.24) is 9.78 Å². The van der Waals surface area contributed by atoms with Crippen LogP contribution in [0.25, 0.3) is 27.9 Å². The second-order valence-electron chi connectivity index (χ2n) is 11.0. The number of aryl methyl sites for hydroxylation is 2. The van der Waals surface area contributed by atoms with Gasteiger partial charge >= 0.3 is 5.63 Å². The van der Waals surface area contributed by atoms with E-state index >= 15 is 0 Å². The van der Waals surface area contributed by atoms with Gasteiger partial charge < -0.3 is 14.6 Å². The van der Waals surface area contributed by atoms with Crippen molar-refractivity contribution in [3.05, 3.63) is 135 Å². The topological polar surface area (TPSA) is 101 Å². The standard InChI is InChI=1S/C36H29N3O4/c1-21-16-17-22(2)35-31(21)34(41)32(36(42)43-35)29-19-24(18-23-10-6-8-14-28(23)37-29)27-20-39(25-11-4-3-5-12-25)38-33(27)26-13-7-9-15-30(26)40/h3-17,20,24,40-41H,18-19H2,1-2H3. The van der Waals surface area contributed by atoms with Crippen LogP contribution in [-0.2, 0) is 6.42 Å². The van der Waals surface area contributed by atoms with E-state index in [-0.39, 0.29) is 23.0 Å². The molecule has 43 heavy (non-hydrogen) atoms. The van der Waals surface area contributed by atoms with Gasteiger partial charge in [0, 0.05) is 17.3 Å². The predicted octanol–water partition coefficient (Wildman–Crippen LogP) is 7.52. The molecule has 0 aliphatic carbocycles. The summed E-state index contributed by atoms with van der Waals surface area (Å²) in [6.07, 6.45) is 2.94. The lowest BCUT2D eigenvalue weighted by atomic mass is 9.85. The summed E-state index contributed by atoms with van der Waals surface area (Å²) in [5.41, 5.74) is 6.62. The van der Waals surface area contributed by atoms with Crippen LogP contribution in [0, 0.1) is 13.8 Å². The Bertz CT molecular complexity index is 2110. The molecular formula is C36H29N3O4. The lowest BCUT2D eigenvalue weighted by Crippen LogP contribution is -2.18. The van der Waals surface area contributed by atoms with Gasteiger partial charge in [0.05, 0.1) is 28.2 Å². The summed E-state index contributed by atoms with van der Waals surface area (Å²) in [6, 6.07) is 28.6. The summed E-state index contributed by atoms with van der Waals surface area (Å²) < 4.78 is 7.65. The molecule has 1 unspecified atom stereocenters. The smallest absolute Gasteiger partial charge is 0.349 e. The number of hydrogen-bond donors (Lipinski definition) is 2. The summed E-state index contributed by atoms with van der Waals surface area (Å²) in [4.78, 5) is 18.5. The SMILES string of the molecule is Cc1ccc(C)c2c(O)c(C3=Nc4ccccc4CC(c4cn(-c5ccccc5)nc4-c4ccccc4O)C3)c(=O)oc12. The van der Waals surface area contributed by atoms with Crippen molar-refractivity contribution in [2.75, 3.05) is 0 Å². The highest BCUT2D eigenvalue weighted by Gasteiger charge is 2.30. The molecule has 4 aromatic carbocycles. The van der Waals surface area contributed by atoms with Crippen LogP contribution in [0.1, 0.15) is 40.2 Å². The Kier molecular flexibility index (Phi) is 6.43. The molecule has 0 fully saturated rings. The maximum Gasteiger partial charge on any atom is 0.349 e. The summed E-state index contributed by atoms with van der Waals surface area (Å²) in [5, 5.41) is 28.0. The Morgan fingerprint density at radius 2 is 1.56 bits per heavy atom. The van der Waals surface area contributed by atoms with Gasteiger partial charge in [-0.2, -0.15) is 5.10 Å². The van der Waals surface area contributed by atoms with E-state index in [2.05, 4.69) is 0 Å². The number of rotatable bonds is 4. The van der Waals surface area contributed by atoms with Gasteiger partial charge in [0.2, 0.25) is 0 Å². The van der Waals surface area contributed by atoms with Gasteiger partial charge in [-0.3, -0.25) is 4.99 Å². The zero-order valence-electron chi connectivity index (χ0n) is 23.8. The molecule has 6 aromatic rings. The normalized spacial score (nSPS) is 14.7. The predicted molar refractivity (Wildman–Crippen MR) is 168 cm³/mol. The van der Waals surface area contributed by atoms with Crippen molar-refractivity contribution >= 4 is 22.4 Å². The third kappa shape index (κ3) is 4.59. The minimum absolute atomic E-state index is 0.0717. The average molecular weight is 568 g/mol. The largest absolute Gasteiger partial charge is 0.507 e. The first-order valence-corrected chi connectivity index (χ1v) is 14.2. The van der Waals surface area contributed by atoms with Crippen molar-refractivity contribution in [1.29, 1.82) is 0 Å². The molecule has 1 atom stereocenters. The van der Waals surface area contributed by atoms with E-state index in [9.17, 15) is 15.0 Å². The second-order valence-corrected chi connectivity index (χ2v) is 11.0. The van der Waals surface area contributed by atoms with Gasteiger partial charge in [0.1, 0.15) is 22.6 Å². The molecule has 2 N–H and O–H groups in total. The number of phenolic OH excluding ortho intramolecular Hbond substituents is 1. The number of benzene rings is 4. The third-order valence-electron chi connectivity index (χ3n) is 8.24. The molecule has 0 spiro atoms. The number of para-hydroxylation sites is 3. The fourth-order valence-corrected chi connectivity index (χ4v) is 6.05. The molecule has 212 valence electrons. The third-order valence-corrected chi connectivity index (χ3v) is 8.24. The van der Waals surface area contributed by atoms with Crippen LogP contribution in [0.4, 0.5) is 5.69 Å². The van der Waals surface area contributed by atoms with E-state index in [1.165, 1.54) is 0 Å². The molecule has 0 saturated heterocycles. The van der Waals surface area contributed by atoms with Crippen LogP contribution in [-0.4, -0.2) is 25.7 Å². The lowest BCUT2D eigenvalue weighted by molar-refractivity contribution is 0.465. The van der Waals surface area contributed by atoms with Crippen LogP contribution in [0.5, 0.6) is 11.5 Å². The Labute approximate surface area is 248 Å². The Hall–Kier alpha value is -5.43. The number of fused-ring (bicyclic) bond motifs is 2. The summed E-state index contributed by atoms with van der Waals surface area (Å²) in [7, 11) is 0. The van der Waals surface area contributed by atoms with Crippen molar-refractivity contribution in [3.8, 4) is 28.4 Å². The molecule has 0 saturated carbocycles. The van der Waals surface area contributed by atoms with Crippen LogP contribution < -0.4 is 5.63 Å². The van der Waals surface area contributed by atoms with Crippen LogP contribution in [0.3, 0.4) is 0 Å². The minimum Gasteiger partial charge on any atom is -0.507 e. The van der Waals surface area contributed by atoms with Gasteiger partial charge in [0.15, 0.2) is 0 Å². The summed E-state index contributed by atoms with van der Waals surface area (Å²) >= 11 is 0. The Morgan fingerprint density at radius 3 is 2.37 bits per heavy atom. The van der Waals surface area contributed by atoms with E-state index in [0.717, 1.165) is 33.6 Å². The van der Waals surface area contributed by atoms with Crippen LogP contribution in [0.2, 0.25) is 0 Å². The number of aliphatic imine (C=N–C) groups is 1. The number of nitrogens with zero attached hydrogens (tertiary/aromatic N) is 3. The monoisotopic (exact) mass is 567 g/mol. The molecule has 1 aliphatic heterocycles. The number of aromatic hydroxyl groups is 2. The molecule has 0 bridgehead atoms. The summed E-state index contributed by atoms with van der Waals surface area (Å²) in [6.45, 7) is 3.74. The quantitative estimate of drug-likeness (QED) is 0.215. The molecule has 7 rings (SSSR count). The lowest BCUT2D eigenvalue weighted by Gasteiger charge is -2.17. The Balaban J connectivity index is 1.45. The molecule has 3 heterocycles. The molecule has 0 radical (unpaired) electrons. The number of hydrogen-bond acceptors (Lipinski definition) is 6. The fraction of sp³-hybridized carbons (Fsp3) is 0.139. The maximum absolute atomic E-state index is 13.5. The molecule has 1 aliphatic rings. The maximum atomic E-state index is 13.5. The highest BCUT2D eigenvalue weighted by atomic mass is 16.4. The zero-order chi connectivity index (χ0) is 29.7. The van der Waals surface area contributed by atoms with Crippen LogP contribution in [0.15, 0.2) is 111 Å². The van der Waals surface area contributed by atoms with Crippen LogP contribution >= 0.6 is 0 Å². The number of phenols is 1. The zero-order valence-corrected chi connectivity index (χ0v) is 23.8. The van der Waals surface area contributed by atoms with E-state index in [1.54, 1.807) is 12.1 Å². The first-order valence-electron chi connectivity index (χ1n) is 14.2. The van der Waals surface area contributed by atoms with Gasteiger partial charge in [-0.25, -0.2) is 9.48 Å². The minimum atomic E-state index is -0.628. The molecule has 7 heteroatoms. The van der Waals surface area contributed by atoms with Crippen molar-refractivity contribution in [3.63, 3.8) is 0 Å². The second kappa shape index (κ2) is 10.4. The summed E-state index contributed by atoms with van der Waals surface area (Å²) in [5.74, 6) is -0.184. The molecule has 2 aromatic heterocycles. The van der Waals surface area contributed by atoms with Gasteiger partial charge in [-0.05, 0) is 79.6 Å². The van der Waals surface area contributed by atoms with Crippen molar-refractivity contribution in [2.24, 2.45) is 4.99 Å². The average Bonchev–Trinajstić information content (AvgIpc) is 3.36. The van der Waals surface area contributed by atoms with Gasteiger partial charge in [0.25, 0.3) is 0 Å². The van der Waals surface area contributed by atoms with Gasteiger partial charge in [-0.1, -0.05) is 60.7 Å². The Morgan fingerprint density at radius 1 is 0.837 bits per heavy atom. The molecule has 7 nitrogen and oxygen atoms in total. The van der Waals surface area contributed by atoms with E-state index in [4.69, 9.17) is 14.5 Å². The first-order chi connectivity index (χ1) is 20.9. The highest BCUT2D eigenvalue weighted by Crippen LogP contribution is 2.42. The van der Waals surface area contributed by atoms with E-state index in [1.807, 2.05) is 104 Å².